The Hall–Kier alpha value is -1.03. The van der Waals surface area contributed by atoms with Crippen LogP contribution in [0, 0.1) is 0 Å². The molecule has 0 radical (unpaired) electrons. The number of hydrogen-bond acceptors (Lipinski definition) is 2. The summed E-state index contributed by atoms with van der Waals surface area (Å²) >= 11 is 12.2. The van der Waals surface area contributed by atoms with Gasteiger partial charge in [-0.1, -0.05) is 29.3 Å². The van der Waals surface area contributed by atoms with Crippen LogP contribution in [0.25, 0.3) is 0 Å². The van der Waals surface area contributed by atoms with Crippen molar-refractivity contribution in [1.82, 2.24) is 15.1 Å². The molecule has 1 heterocycles. The van der Waals surface area contributed by atoms with E-state index < -0.39 is 0 Å². The van der Waals surface area contributed by atoms with Gasteiger partial charge in [0.1, 0.15) is 0 Å². The highest BCUT2D eigenvalue weighted by Gasteiger charge is 2.04. The van der Waals surface area contributed by atoms with E-state index >= 15 is 0 Å². The fraction of sp³-hybridized carbons (Fsp3) is 0.308. The third kappa shape index (κ3) is 3.25. The van der Waals surface area contributed by atoms with Gasteiger partial charge in [-0.25, -0.2) is 0 Å². The molecule has 0 fully saturated rings. The molecule has 96 valence electrons. The number of hydrogen-bond donors (Lipinski definition) is 1. The second kappa shape index (κ2) is 6.23. The van der Waals surface area contributed by atoms with E-state index in [0.29, 0.717) is 16.6 Å². The Balaban J connectivity index is 1.84. The summed E-state index contributed by atoms with van der Waals surface area (Å²) < 4.78 is 1.88. The standard InChI is InChI=1S/C13H15Cl2N3/c1-18-10(6-8-17-18)5-7-16-9-11-12(14)3-2-4-13(11)15/h2-4,6,8,16H,5,7,9H2,1H3. The molecule has 1 aromatic carbocycles. The minimum atomic E-state index is 0.677. The minimum Gasteiger partial charge on any atom is -0.312 e. The largest absolute Gasteiger partial charge is 0.312 e. The Bertz CT molecular complexity index is 502. The van der Waals surface area contributed by atoms with Gasteiger partial charge in [0.2, 0.25) is 0 Å². The number of aromatic nitrogens is 2. The Labute approximate surface area is 117 Å². The first-order valence-corrected chi connectivity index (χ1v) is 6.54. The second-order valence-electron chi connectivity index (χ2n) is 4.07. The van der Waals surface area contributed by atoms with Gasteiger partial charge in [0.15, 0.2) is 0 Å². The zero-order chi connectivity index (χ0) is 13.0. The summed E-state index contributed by atoms with van der Waals surface area (Å²) in [4.78, 5) is 0. The van der Waals surface area contributed by atoms with Crippen molar-refractivity contribution in [2.45, 2.75) is 13.0 Å². The van der Waals surface area contributed by atoms with Gasteiger partial charge >= 0.3 is 0 Å². The van der Waals surface area contributed by atoms with Gasteiger partial charge in [-0.3, -0.25) is 4.68 Å². The molecular weight excluding hydrogens is 269 g/mol. The number of rotatable bonds is 5. The van der Waals surface area contributed by atoms with Crippen molar-refractivity contribution in [3.63, 3.8) is 0 Å². The van der Waals surface area contributed by atoms with Crippen molar-refractivity contribution in [2.75, 3.05) is 6.54 Å². The molecule has 0 bridgehead atoms. The normalized spacial score (nSPS) is 10.8. The van der Waals surface area contributed by atoms with E-state index in [2.05, 4.69) is 10.4 Å². The molecule has 0 spiro atoms. The first kappa shape index (κ1) is 13.4. The van der Waals surface area contributed by atoms with Crippen molar-refractivity contribution in [1.29, 1.82) is 0 Å². The van der Waals surface area contributed by atoms with Crippen LogP contribution in [0.3, 0.4) is 0 Å². The van der Waals surface area contributed by atoms with E-state index in [-0.39, 0.29) is 0 Å². The van der Waals surface area contributed by atoms with Gasteiger partial charge < -0.3 is 5.32 Å². The lowest BCUT2D eigenvalue weighted by Crippen LogP contribution is -2.18. The molecular formula is C13H15Cl2N3. The zero-order valence-corrected chi connectivity index (χ0v) is 11.7. The molecule has 1 N–H and O–H groups in total. The minimum absolute atomic E-state index is 0.677. The highest BCUT2D eigenvalue weighted by Crippen LogP contribution is 2.23. The van der Waals surface area contributed by atoms with E-state index in [0.717, 1.165) is 18.5 Å². The number of halogens is 2. The highest BCUT2D eigenvalue weighted by atomic mass is 35.5. The Morgan fingerprint density at radius 1 is 1.22 bits per heavy atom. The van der Waals surface area contributed by atoms with Crippen LogP contribution in [0.4, 0.5) is 0 Å². The summed E-state index contributed by atoms with van der Waals surface area (Å²) in [6.07, 6.45) is 2.73. The Morgan fingerprint density at radius 3 is 2.56 bits per heavy atom. The quantitative estimate of drug-likeness (QED) is 0.855. The number of benzene rings is 1. The first-order valence-electron chi connectivity index (χ1n) is 5.79. The SMILES string of the molecule is Cn1nccc1CCNCc1c(Cl)cccc1Cl. The van der Waals surface area contributed by atoms with Crippen LogP contribution in [-0.4, -0.2) is 16.3 Å². The maximum atomic E-state index is 6.09. The van der Waals surface area contributed by atoms with Crippen molar-refractivity contribution in [3.05, 3.63) is 51.8 Å². The third-order valence-electron chi connectivity index (χ3n) is 2.84. The van der Waals surface area contributed by atoms with Gasteiger partial charge in [-0.2, -0.15) is 5.10 Å². The number of nitrogens with zero attached hydrogens (tertiary/aromatic N) is 2. The van der Waals surface area contributed by atoms with Crippen LogP contribution in [-0.2, 0) is 20.0 Å². The number of nitrogens with one attached hydrogen (secondary N) is 1. The highest BCUT2D eigenvalue weighted by molar-refractivity contribution is 6.35. The van der Waals surface area contributed by atoms with Gasteiger partial charge in [-0.05, 0) is 18.2 Å². The van der Waals surface area contributed by atoms with E-state index in [1.54, 1.807) is 6.20 Å². The monoisotopic (exact) mass is 283 g/mol. The molecule has 18 heavy (non-hydrogen) atoms. The van der Waals surface area contributed by atoms with Crippen LogP contribution < -0.4 is 5.32 Å². The molecule has 5 heteroatoms. The number of aryl methyl sites for hydroxylation is 1. The lowest BCUT2D eigenvalue weighted by atomic mass is 10.2. The van der Waals surface area contributed by atoms with Crippen LogP contribution >= 0.6 is 23.2 Å². The zero-order valence-electron chi connectivity index (χ0n) is 10.2. The predicted octanol–water partition coefficient (Wildman–Crippen LogP) is 3.06. The van der Waals surface area contributed by atoms with E-state index in [4.69, 9.17) is 23.2 Å². The molecule has 0 atom stereocenters. The van der Waals surface area contributed by atoms with Crippen LogP contribution in [0.2, 0.25) is 10.0 Å². The third-order valence-corrected chi connectivity index (χ3v) is 3.55. The molecule has 0 aliphatic heterocycles. The summed E-state index contributed by atoms with van der Waals surface area (Å²) in [5.74, 6) is 0. The van der Waals surface area contributed by atoms with Gasteiger partial charge in [0, 0.05) is 54.1 Å². The van der Waals surface area contributed by atoms with Crippen molar-refractivity contribution in [3.8, 4) is 0 Å². The molecule has 0 aliphatic carbocycles. The molecule has 0 saturated carbocycles. The summed E-state index contributed by atoms with van der Waals surface area (Å²) in [5, 5.41) is 8.88. The Morgan fingerprint density at radius 2 is 1.94 bits per heavy atom. The van der Waals surface area contributed by atoms with Gasteiger partial charge in [-0.15, -0.1) is 0 Å². The average Bonchev–Trinajstić information content (AvgIpc) is 2.73. The van der Waals surface area contributed by atoms with Gasteiger partial charge in [0.25, 0.3) is 0 Å². The average molecular weight is 284 g/mol. The second-order valence-corrected chi connectivity index (χ2v) is 4.89. The maximum Gasteiger partial charge on any atom is 0.0492 e. The van der Waals surface area contributed by atoms with E-state index in [9.17, 15) is 0 Å². The molecule has 3 nitrogen and oxygen atoms in total. The van der Waals surface area contributed by atoms with Crippen molar-refractivity contribution in [2.24, 2.45) is 7.05 Å². The van der Waals surface area contributed by atoms with E-state index in [1.165, 1.54) is 5.69 Å². The summed E-state index contributed by atoms with van der Waals surface area (Å²) in [5.41, 5.74) is 2.15. The fourth-order valence-corrected chi connectivity index (χ4v) is 2.31. The molecule has 0 aliphatic rings. The van der Waals surface area contributed by atoms with Crippen LogP contribution in [0.15, 0.2) is 30.5 Å². The predicted molar refractivity (Wildman–Crippen MR) is 75.1 cm³/mol. The Kier molecular flexibility index (Phi) is 4.64. The smallest absolute Gasteiger partial charge is 0.0492 e. The van der Waals surface area contributed by atoms with Crippen LogP contribution in [0.5, 0.6) is 0 Å². The molecule has 0 amide bonds. The summed E-state index contributed by atoms with van der Waals surface area (Å²) in [7, 11) is 1.94. The van der Waals surface area contributed by atoms with E-state index in [1.807, 2.05) is 36.0 Å². The van der Waals surface area contributed by atoms with Crippen LogP contribution in [0.1, 0.15) is 11.3 Å². The fourth-order valence-electron chi connectivity index (χ4n) is 1.78. The molecule has 2 rings (SSSR count). The molecule has 0 unspecified atom stereocenters. The molecule has 1 aromatic heterocycles. The van der Waals surface area contributed by atoms with Crippen molar-refractivity contribution >= 4 is 23.2 Å². The lowest BCUT2D eigenvalue weighted by Gasteiger charge is -2.08. The maximum absolute atomic E-state index is 6.09. The summed E-state index contributed by atoms with van der Waals surface area (Å²) in [6, 6.07) is 7.57. The van der Waals surface area contributed by atoms with Crippen molar-refractivity contribution < 1.29 is 0 Å². The summed E-state index contributed by atoms with van der Waals surface area (Å²) in [6.45, 7) is 1.54. The molecule has 0 saturated heterocycles. The molecule has 2 aromatic rings. The first-order chi connectivity index (χ1) is 8.68. The topological polar surface area (TPSA) is 29.9 Å². The lowest BCUT2D eigenvalue weighted by molar-refractivity contribution is 0.643. The van der Waals surface area contributed by atoms with Gasteiger partial charge in [0.05, 0.1) is 0 Å².